The van der Waals surface area contributed by atoms with Crippen LogP contribution in [0.2, 0.25) is 0 Å². The third-order valence-corrected chi connectivity index (χ3v) is 3.96. The molecule has 0 radical (unpaired) electrons. The molecule has 0 spiro atoms. The lowest BCUT2D eigenvalue weighted by Gasteiger charge is -2.34. The first-order chi connectivity index (χ1) is 8.85. The Bertz CT molecular complexity index is 556. The predicted molar refractivity (Wildman–Crippen MR) is 80.1 cm³/mol. The van der Waals surface area contributed by atoms with Gasteiger partial charge in [-0.2, -0.15) is 0 Å². The van der Waals surface area contributed by atoms with Crippen molar-refractivity contribution in [2.75, 3.05) is 49.1 Å². The normalized spacial score (nSPS) is 17.5. The van der Waals surface area contributed by atoms with Crippen LogP contribution in [0.25, 0.3) is 0 Å². The van der Waals surface area contributed by atoms with E-state index in [-0.39, 0.29) is 0 Å². The maximum Gasteiger partial charge on any atom is 0.229 e. The van der Waals surface area contributed by atoms with Crippen molar-refractivity contribution in [1.82, 2.24) is 9.88 Å². The van der Waals surface area contributed by atoms with Crippen LogP contribution in [0.15, 0.2) is 16.7 Å². The molecule has 106 valence electrons. The minimum atomic E-state index is -3.31. The van der Waals surface area contributed by atoms with E-state index in [4.69, 9.17) is 0 Å². The van der Waals surface area contributed by atoms with Crippen LogP contribution in [0.5, 0.6) is 0 Å². The number of hydrogen-bond donors (Lipinski definition) is 1. The van der Waals surface area contributed by atoms with Gasteiger partial charge < -0.3 is 9.80 Å². The number of nitrogens with zero attached hydrogens (tertiary/aromatic N) is 3. The van der Waals surface area contributed by atoms with Crippen LogP contribution >= 0.6 is 15.9 Å². The third-order valence-electron chi connectivity index (χ3n) is 2.93. The average Bonchev–Trinajstić information content (AvgIpc) is 2.29. The Morgan fingerprint density at radius 3 is 2.53 bits per heavy atom. The van der Waals surface area contributed by atoms with Gasteiger partial charge in [-0.05, 0) is 29.0 Å². The summed E-state index contributed by atoms with van der Waals surface area (Å²) in [5.41, 5.74) is 0.515. The number of piperazine rings is 1. The molecule has 1 fully saturated rings. The fourth-order valence-corrected chi connectivity index (χ4v) is 2.86. The molecule has 0 atom stereocenters. The molecule has 1 aromatic heterocycles. The van der Waals surface area contributed by atoms with Crippen molar-refractivity contribution in [3.05, 3.63) is 16.7 Å². The summed E-state index contributed by atoms with van der Waals surface area (Å²) in [4.78, 5) is 8.68. The zero-order chi connectivity index (χ0) is 14.0. The molecule has 0 aliphatic carbocycles. The van der Waals surface area contributed by atoms with E-state index < -0.39 is 10.0 Å². The number of pyridine rings is 1. The molecule has 6 nitrogen and oxygen atoms in total. The van der Waals surface area contributed by atoms with Gasteiger partial charge in [0.2, 0.25) is 10.0 Å². The van der Waals surface area contributed by atoms with Crippen LogP contribution in [-0.2, 0) is 10.0 Å². The fraction of sp³-hybridized carbons (Fsp3) is 0.545. The molecule has 1 aliphatic heterocycles. The molecule has 0 amide bonds. The number of sulfonamides is 1. The molecule has 1 N–H and O–H groups in total. The van der Waals surface area contributed by atoms with Crippen molar-refractivity contribution in [3.63, 3.8) is 0 Å². The Morgan fingerprint density at radius 1 is 1.32 bits per heavy atom. The van der Waals surface area contributed by atoms with E-state index in [1.807, 2.05) is 0 Å². The molecule has 8 heteroatoms. The minimum absolute atomic E-state index is 0.515. The van der Waals surface area contributed by atoms with Gasteiger partial charge in [-0.25, -0.2) is 13.4 Å². The second kappa shape index (κ2) is 5.64. The lowest BCUT2D eigenvalue weighted by Crippen LogP contribution is -2.45. The maximum atomic E-state index is 11.4. The Balaban J connectivity index is 2.29. The van der Waals surface area contributed by atoms with E-state index >= 15 is 0 Å². The quantitative estimate of drug-likeness (QED) is 0.881. The second-order valence-electron chi connectivity index (χ2n) is 4.69. The number of rotatable bonds is 3. The first kappa shape index (κ1) is 14.5. The Hall–Kier alpha value is -0.860. The molecule has 0 saturated carbocycles. The van der Waals surface area contributed by atoms with Crippen molar-refractivity contribution in [2.45, 2.75) is 0 Å². The van der Waals surface area contributed by atoms with Crippen molar-refractivity contribution < 1.29 is 8.42 Å². The highest BCUT2D eigenvalue weighted by Crippen LogP contribution is 2.28. The molecule has 0 unspecified atom stereocenters. The van der Waals surface area contributed by atoms with Gasteiger partial charge in [0, 0.05) is 36.8 Å². The average molecular weight is 349 g/mol. The number of halogens is 1. The summed E-state index contributed by atoms with van der Waals surface area (Å²) >= 11 is 3.31. The van der Waals surface area contributed by atoms with Gasteiger partial charge in [0.25, 0.3) is 0 Å². The van der Waals surface area contributed by atoms with E-state index in [1.165, 1.54) is 0 Å². The first-order valence-electron chi connectivity index (χ1n) is 5.92. The fourth-order valence-electron chi connectivity index (χ4n) is 1.98. The number of nitrogens with one attached hydrogen (secondary N) is 1. The largest absolute Gasteiger partial charge is 0.352 e. The van der Waals surface area contributed by atoms with Crippen LogP contribution in [0.3, 0.4) is 0 Å². The molecular formula is C11H17BrN4O2S. The number of aromatic nitrogens is 1. The minimum Gasteiger partial charge on any atom is -0.352 e. The van der Waals surface area contributed by atoms with E-state index in [2.05, 4.69) is 42.5 Å². The Morgan fingerprint density at radius 2 is 1.95 bits per heavy atom. The lowest BCUT2D eigenvalue weighted by molar-refractivity contribution is 0.312. The third kappa shape index (κ3) is 4.05. The summed E-state index contributed by atoms with van der Waals surface area (Å²) in [5, 5.41) is 0. The molecule has 2 rings (SSSR count). The molecule has 2 heterocycles. The molecule has 1 saturated heterocycles. The van der Waals surface area contributed by atoms with Crippen molar-refractivity contribution >= 4 is 37.5 Å². The van der Waals surface area contributed by atoms with Gasteiger partial charge in [-0.1, -0.05) is 0 Å². The van der Waals surface area contributed by atoms with Gasteiger partial charge in [0.05, 0.1) is 11.9 Å². The highest BCUT2D eigenvalue weighted by Gasteiger charge is 2.19. The van der Waals surface area contributed by atoms with Gasteiger partial charge in [-0.3, -0.25) is 4.72 Å². The van der Waals surface area contributed by atoms with Crippen LogP contribution in [0.4, 0.5) is 11.5 Å². The lowest BCUT2D eigenvalue weighted by atomic mass is 10.3. The highest BCUT2D eigenvalue weighted by molar-refractivity contribution is 9.10. The summed E-state index contributed by atoms with van der Waals surface area (Å²) < 4.78 is 26.1. The molecule has 0 bridgehead atoms. The van der Waals surface area contributed by atoms with Crippen molar-refractivity contribution in [1.29, 1.82) is 0 Å². The van der Waals surface area contributed by atoms with Crippen LogP contribution < -0.4 is 9.62 Å². The van der Waals surface area contributed by atoms with Crippen LogP contribution in [0, 0.1) is 0 Å². The zero-order valence-corrected chi connectivity index (χ0v) is 13.3. The van der Waals surface area contributed by atoms with Gasteiger partial charge >= 0.3 is 0 Å². The summed E-state index contributed by atoms with van der Waals surface area (Å²) in [6.07, 6.45) is 2.82. The van der Waals surface area contributed by atoms with Crippen molar-refractivity contribution in [3.8, 4) is 0 Å². The predicted octanol–water partition coefficient (Wildman–Crippen LogP) is 0.967. The van der Waals surface area contributed by atoms with Gasteiger partial charge in [-0.15, -0.1) is 0 Å². The molecule has 1 aromatic rings. The highest BCUT2D eigenvalue weighted by atomic mass is 79.9. The first-order valence-corrected chi connectivity index (χ1v) is 8.60. The standard InChI is InChI=1S/C11H17BrN4O2S/c1-15-3-5-16(6-4-15)11-10(14-19(2,17)18)7-9(12)8-13-11/h7-8,14H,3-6H2,1-2H3. The van der Waals surface area contributed by atoms with Crippen LogP contribution in [-0.4, -0.2) is 57.8 Å². The smallest absolute Gasteiger partial charge is 0.229 e. The summed E-state index contributed by atoms with van der Waals surface area (Å²) in [6.45, 7) is 3.55. The Kier molecular flexibility index (Phi) is 4.32. The topological polar surface area (TPSA) is 65.5 Å². The SMILES string of the molecule is CN1CCN(c2ncc(Br)cc2NS(C)(=O)=O)CC1. The van der Waals surface area contributed by atoms with E-state index in [0.717, 1.165) is 36.9 Å². The van der Waals surface area contributed by atoms with E-state index in [9.17, 15) is 8.42 Å². The second-order valence-corrected chi connectivity index (χ2v) is 7.35. The molecule has 1 aliphatic rings. The maximum absolute atomic E-state index is 11.4. The molecule has 0 aromatic carbocycles. The Labute approximate surface area is 122 Å². The molecular weight excluding hydrogens is 332 g/mol. The summed E-state index contributed by atoms with van der Waals surface area (Å²) in [5.74, 6) is 0.682. The van der Waals surface area contributed by atoms with E-state index in [1.54, 1.807) is 12.3 Å². The van der Waals surface area contributed by atoms with Crippen molar-refractivity contribution in [2.24, 2.45) is 0 Å². The number of anilines is 2. The number of likely N-dealkylation sites (N-methyl/N-ethyl adjacent to an activating group) is 1. The van der Waals surface area contributed by atoms with E-state index in [0.29, 0.717) is 11.5 Å². The number of hydrogen-bond acceptors (Lipinski definition) is 5. The summed E-state index contributed by atoms with van der Waals surface area (Å²) in [6, 6.07) is 1.74. The van der Waals surface area contributed by atoms with Gasteiger partial charge in [0.15, 0.2) is 5.82 Å². The van der Waals surface area contributed by atoms with Crippen LogP contribution in [0.1, 0.15) is 0 Å². The molecule has 19 heavy (non-hydrogen) atoms. The monoisotopic (exact) mass is 348 g/mol. The zero-order valence-electron chi connectivity index (χ0n) is 10.9. The summed E-state index contributed by atoms with van der Waals surface area (Å²) in [7, 11) is -1.24. The van der Waals surface area contributed by atoms with Gasteiger partial charge in [0.1, 0.15) is 0 Å².